The summed E-state index contributed by atoms with van der Waals surface area (Å²) >= 11 is 6.63. The molecule has 0 atom stereocenters. The van der Waals surface area contributed by atoms with Gasteiger partial charge in [0.25, 0.3) is 5.56 Å². The lowest BCUT2D eigenvalue weighted by Crippen LogP contribution is -2.34. The predicted molar refractivity (Wildman–Crippen MR) is 117 cm³/mol. The lowest BCUT2D eigenvalue weighted by atomic mass is 9.91. The fourth-order valence-electron chi connectivity index (χ4n) is 4.14. The van der Waals surface area contributed by atoms with E-state index in [4.69, 9.17) is 11.6 Å². The van der Waals surface area contributed by atoms with Crippen molar-refractivity contribution in [2.45, 2.75) is 33.1 Å². The van der Waals surface area contributed by atoms with E-state index in [-0.39, 0.29) is 5.56 Å². The molecule has 6 heteroatoms. The summed E-state index contributed by atoms with van der Waals surface area (Å²) in [5, 5.41) is 0.664. The maximum atomic E-state index is 12.4. The number of rotatable bonds is 4. The maximum Gasteiger partial charge on any atom is 0.258 e. The van der Waals surface area contributed by atoms with Gasteiger partial charge < -0.3 is 4.90 Å². The van der Waals surface area contributed by atoms with Crippen LogP contribution in [0.25, 0.3) is 5.69 Å². The van der Waals surface area contributed by atoms with Gasteiger partial charge in [0.05, 0.1) is 16.4 Å². The highest BCUT2D eigenvalue weighted by Gasteiger charge is 2.22. The lowest BCUT2D eigenvalue weighted by Gasteiger charge is -2.34. The second kappa shape index (κ2) is 8.37. The Morgan fingerprint density at radius 1 is 1.10 bits per heavy atom. The van der Waals surface area contributed by atoms with Crippen molar-refractivity contribution < 1.29 is 0 Å². The van der Waals surface area contributed by atoms with Gasteiger partial charge in [0, 0.05) is 36.7 Å². The van der Waals surface area contributed by atoms with Gasteiger partial charge in [-0.25, -0.2) is 4.98 Å². The fraction of sp³-hybridized carbons (Fsp3) is 0.348. The summed E-state index contributed by atoms with van der Waals surface area (Å²) in [4.78, 5) is 23.6. The van der Waals surface area contributed by atoms with Crippen LogP contribution < -0.4 is 10.5 Å². The van der Waals surface area contributed by atoms with Crippen molar-refractivity contribution in [3.8, 4) is 5.69 Å². The molecule has 0 N–H and O–H groups in total. The van der Waals surface area contributed by atoms with E-state index in [9.17, 15) is 4.79 Å². The normalized spacial score (nSPS) is 14.9. The summed E-state index contributed by atoms with van der Waals surface area (Å²) in [6, 6.07) is 13.5. The molecule has 4 rings (SSSR count). The van der Waals surface area contributed by atoms with E-state index in [0.29, 0.717) is 16.8 Å². The Morgan fingerprint density at radius 3 is 2.55 bits per heavy atom. The Morgan fingerprint density at radius 2 is 1.90 bits per heavy atom. The van der Waals surface area contributed by atoms with Gasteiger partial charge in [0.1, 0.15) is 5.82 Å². The fourth-order valence-corrected chi connectivity index (χ4v) is 4.43. The van der Waals surface area contributed by atoms with Gasteiger partial charge in [0.2, 0.25) is 0 Å². The third-order valence-corrected chi connectivity index (χ3v) is 5.89. The average Bonchev–Trinajstić information content (AvgIpc) is 2.69. The molecular formula is C23H25ClN4O. The SMILES string of the molecule is Cc1cc(=O)n(-c2ccc(N3CCC(Cc4ccccn4)CC3)c(Cl)c2)c(C)n1. The molecule has 0 saturated carbocycles. The standard InChI is InChI=1S/C23H25ClN4O/c1-16-13-23(29)28(17(2)26-16)20-6-7-22(21(24)15-20)27-11-8-18(9-12-27)14-19-5-3-4-10-25-19/h3-7,10,13,15,18H,8-9,11-12,14H2,1-2H3. The highest BCUT2D eigenvalue weighted by Crippen LogP contribution is 2.32. The third-order valence-electron chi connectivity index (χ3n) is 5.58. The number of aromatic nitrogens is 3. The first-order chi connectivity index (χ1) is 14.0. The van der Waals surface area contributed by atoms with Gasteiger partial charge in [-0.05, 0) is 69.4 Å². The number of hydrogen-bond acceptors (Lipinski definition) is 4. The second-order valence-corrected chi connectivity index (χ2v) is 8.12. The molecule has 1 aromatic carbocycles. The van der Waals surface area contributed by atoms with Gasteiger partial charge in [-0.2, -0.15) is 0 Å². The molecule has 2 aromatic heterocycles. The maximum absolute atomic E-state index is 12.4. The summed E-state index contributed by atoms with van der Waals surface area (Å²) in [7, 11) is 0. The topological polar surface area (TPSA) is 51.0 Å². The van der Waals surface area contributed by atoms with Crippen LogP contribution in [-0.4, -0.2) is 27.6 Å². The van der Waals surface area contributed by atoms with Gasteiger partial charge in [-0.1, -0.05) is 17.7 Å². The summed E-state index contributed by atoms with van der Waals surface area (Å²) in [6.07, 6.45) is 5.14. The molecule has 0 amide bonds. The summed E-state index contributed by atoms with van der Waals surface area (Å²) in [5.74, 6) is 1.31. The first kappa shape index (κ1) is 19.6. The number of nitrogens with zero attached hydrogens (tertiary/aromatic N) is 4. The highest BCUT2D eigenvalue weighted by atomic mass is 35.5. The van der Waals surface area contributed by atoms with Gasteiger partial charge in [0.15, 0.2) is 0 Å². The molecule has 0 radical (unpaired) electrons. The number of benzene rings is 1. The zero-order valence-electron chi connectivity index (χ0n) is 16.8. The molecule has 0 bridgehead atoms. The minimum absolute atomic E-state index is 0.0887. The van der Waals surface area contributed by atoms with Gasteiger partial charge >= 0.3 is 0 Å². The number of aryl methyl sites for hydroxylation is 2. The van der Waals surface area contributed by atoms with Crippen molar-refractivity contribution in [2.24, 2.45) is 5.92 Å². The van der Waals surface area contributed by atoms with Crippen LogP contribution in [0.2, 0.25) is 5.02 Å². The number of piperidine rings is 1. The Kier molecular flexibility index (Phi) is 5.67. The smallest absolute Gasteiger partial charge is 0.258 e. The number of halogens is 1. The molecule has 150 valence electrons. The van der Waals surface area contributed by atoms with E-state index in [1.807, 2.05) is 44.3 Å². The molecule has 1 saturated heterocycles. The molecule has 0 aliphatic carbocycles. The van der Waals surface area contributed by atoms with Crippen molar-refractivity contribution in [3.63, 3.8) is 0 Å². The van der Waals surface area contributed by atoms with E-state index >= 15 is 0 Å². The zero-order chi connectivity index (χ0) is 20.4. The van der Waals surface area contributed by atoms with Crippen LogP contribution in [0.4, 0.5) is 5.69 Å². The molecule has 1 aliphatic heterocycles. The van der Waals surface area contributed by atoms with Gasteiger partial charge in [-0.3, -0.25) is 14.3 Å². The Hall–Kier alpha value is -2.66. The van der Waals surface area contributed by atoms with Crippen LogP contribution in [-0.2, 0) is 6.42 Å². The Bertz CT molecular complexity index is 1060. The average molecular weight is 409 g/mol. The second-order valence-electron chi connectivity index (χ2n) is 7.71. The van der Waals surface area contributed by atoms with Crippen molar-refractivity contribution in [1.82, 2.24) is 14.5 Å². The predicted octanol–water partition coefficient (Wildman–Crippen LogP) is 4.36. The van der Waals surface area contributed by atoms with Crippen LogP contribution in [0.15, 0.2) is 53.5 Å². The molecule has 3 heterocycles. The molecular weight excluding hydrogens is 384 g/mol. The summed E-state index contributed by atoms with van der Waals surface area (Å²) < 4.78 is 1.60. The van der Waals surface area contributed by atoms with Crippen LogP contribution in [0, 0.1) is 19.8 Å². The van der Waals surface area contributed by atoms with Crippen LogP contribution >= 0.6 is 11.6 Å². The van der Waals surface area contributed by atoms with E-state index in [0.717, 1.165) is 49.4 Å². The summed E-state index contributed by atoms with van der Waals surface area (Å²) in [6.45, 7) is 5.61. The number of anilines is 1. The molecule has 29 heavy (non-hydrogen) atoms. The molecule has 5 nitrogen and oxygen atoms in total. The van der Waals surface area contributed by atoms with Crippen LogP contribution in [0.3, 0.4) is 0 Å². The number of pyridine rings is 1. The van der Waals surface area contributed by atoms with E-state index in [1.54, 1.807) is 10.6 Å². The van der Waals surface area contributed by atoms with E-state index in [2.05, 4.69) is 27.0 Å². The molecule has 0 spiro atoms. The van der Waals surface area contributed by atoms with Gasteiger partial charge in [-0.15, -0.1) is 0 Å². The third kappa shape index (κ3) is 4.35. The highest BCUT2D eigenvalue weighted by molar-refractivity contribution is 6.33. The van der Waals surface area contributed by atoms with Crippen LogP contribution in [0.5, 0.6) is 0 Å². The first-order valence-corrected chi connectivity index (χ1v) is 10.4. The minimum atomic E-state index is -0.0887. The van der Waals surface area contributed by atoms with Crippen LogP contribution in [0.1, 0.15) is 30.1 Å². The first-order valence-electron chi connectivity index (χ1n) is 10.0. The molecule has 1 aliphatic rings. The van der Waals surface area contributed by atoms with Crippen molar-refractivity contribution in [2.75, 3.05) is 18.0 Å². The number of hydrogen-bond donors (Lipinski definition) is 0. The zero-order valence-corrected chi connectivity index (χ0v) is 17.6. The molecule has 0 unspecified atom stereocenters. The lowest BCUT2D eigenvalue weighted by molar-refractivity contribution is 0.400. The van der Waals surface area contributed by atoms with Crippen molar-refractivity contribution in [3.05, 3.63) is 81.3 Å². The quantitative estimate of drug-likeness (QED) is 0.643. The molecule has 3 aromatic rings. The van der Waals surface area contributed by atoms with E-state index < -0.39 is 0 Å². The minimum Gasteiger partial charge on any atom is -0.370 e. The van der Waals surface area contributed by atoms with Crippen molar-refractivity contribution in [1.29, 1.82) is 0 Å². The Labute approximate surface area is 176 Å². The Balaban J connectivity index is 1.48. The van der Waals surface area contributed by atoms with Crippen molar-refractivity contribution >= 4 is 17.3 Å². The summed E-state index contributed by atoms with van der Waals surface area (Å²) in [5.41, 5.74) is 3.58. The largest absolute Gasteiger partial charge is 0.370 e. The van der Waals surface area contributed by atoms with E-state index in [1.165, 1.54) is 5.69 Å². The molecule has 1 fully saturated rings. The monoisotopic (exact) mass is 408 g/mol.